The zero-order chi connectivity index (χ0) is 17.6. The van der Waals surface area contributed by atoms with E-state index in [1.807, 2.05) is 6.92 Å². The van der Waals surface area contributed by atoms with Crippen molar-refractivity contribution in [1.82, 2.24) is 9.62 Å². The Labute approximate surface area is 149 Å². The van der Waals surface area contributed by atoms with E-state index in [0.717, 1.165) is 25.7 Å². The van der Waals surface area contributed by atoms with Crippen molar-refractivity contribution in [3.8, 4) is 0 Å². The zero-order valence-corrected chi connectivity index (χ0v) is 15.6. The van der Waals surface area contributed by atoms with Gasteiger partial charge in [-0.05, 0) is 43.5 Å². The average molecular weight is 373 g/mol. The Hall–Kier alpha value is -1.11. The lowest BCUT2D eigenvalue weighted by Crippen LogP contribution is -2.44. The molecule has 1 fully saturated rings. The summed E-state index contributed by atoms with van der Waals surface area (Å²) < 4.78 is 26.8. The summed E-state index contributed by atoms with van der Waals surface area (Å²) in [6.07, 6.45) is 6.04. The zero-order valence-electron chi connectivity index (χ0n) is 14.0. The van der Waals surface area contributed by atoms with Gasteiger partial charge >= 0.3 is 0 Å². The number of carbonyl (C=O) groups is 1. The molecule has 1 aliphatic rings. The molecule has 1 aromatic rings. The number of sulfonamides is 1. The van der Waals surface area contributed by atoms with Gasteiger partial charge in [-0.15, -0.1) is 0 Å². The van der Waals surface area contributed by atoms with Crippen LogP contribution in [0.5, 0.6) is 0 Å². The molecule has 0 aliphatic heterocycles. The fraction of sp³-hybridized carbons (Fsp3) is 0.588. The third-order valence-electron chi connectivity index (χ3n) is 4.21. The SMILES string of the molecule is CCCN(CC(=O)NC1CCCCC1)S(=O)(=O)c1ccc(Cl)cc1. The van der Waals surface area contributed by atoms with Gasteiger partial charge in [-0.25, -0.2) is 8.42 Å². The maximum absolute atomic E-state index is 12.8. The van der Waals surface area contributed by atoms with Crippen LogP contribution in [0.15, 0.2) is 29.2 Å². The third kappa shape index (κ3) is 5.19. The Morgan fingerprint density at radius 1 is 1.21 bits per heavy atom. The van der Waals surface area contributed by atoms with Crippen LogP contribution in [0.25, 0.3) is 0 Å². The first-order chi connectivity index (χ1) is 11.4. The highest BCUT2D eigenvalue weighted by Gasteiger charge is 2.27. The summed E-state index contributed by atoms with van der Waals surface area (Å²) in [6, 6.07) is 6.20. The van der Waals surface area contributed by atoms with E-state index in [2.05, 4.69) is 5.32 Å². The van der Waals surface area contributed by atoms with Crippen LogP contribution in [0.1, 0.15) is 45.4 Å². The lowest BCUT2D eigenvalue weighted by Gasteiger charge is -2.25. The van der Waals surface area contributed by atoms with Crippen LogP contribution >= 0.6 is 11.6 Å². The van der Waals surface area contributed by atoms with Gasteiger partial charge in [0.1, 0.15) is 0 Å². The first-order valence-corrected chi connectivity index (χ1v) is 10.3. The fourth-order valence-electron chi connectivity index (χ4n) is 2.97. The van der Waals surface area contributed by atoms with Gasteiger partial charge in [0.15, 0.2) is 0 Å². The van der Waals surface area contributed by atoms with Gasteiger partial charge in [0.2, 0.25) is 15.9 Å². The smallest absolute Gasteiger partial charge is 0.243 e. The van der Waals surface area contributed by atoms with E-state index in [0.29, 0.717) is 18.0 Å². The van der Waals surface area contributed by atoms with Crippen LogP contribution in [0, 0.1) is 0 Å². The molecule has 1 N–H and O–H groups in total. The van der Waals surface area contributed by atoms with E-state index in [-0.39, 0.29) is 23.4 Å². The Morgan fingerprint density at radius 2 is 1.83 bits per heavy atom. The average Bonchev–Trinajstić information content (AvgIpc) is 2.55. The first-order valence-electron chi connectivity index (χ1n) is 8.48. The second-order valence-electron chi connectivity index (χ2n) is 6.19. The van der Waals surface area contributed by atoms with Crippen LogP contribution < -0.4 is 5.32 Å². The Bertz CT molecular complexity index is 640. The molecule has 0 radical (unpaired) electrons. The summed E-state index contributed by atoms with van der Waals surface area (Å²) in [5.74, 6) is -0.229. The number of carbonyl (C=O) groups excluding carboxylic acids is 1. The molecule has 1 aromatic carbocycles. The number of nitrogens with zero attached hydrogens (tertiary/aromatic N) is 1. The van der Waals surface area contributed by atoms with Crippen LogP contribution in [-0.4, -0.2) is 37.8 Å². The number of halogens is 1. The predicted molar refractivity (Wildman–Crippen MR) is 95.5 cm³/mol. The number of hydrogen-bond acceptors (Lipinski definition) is 3. The van der Waals surface area contributed by atoms with Crippen molar-refractivity contribution in [3.63, 3.8) is 0 Å². The molecule has 0 heterocycles. The second kappa shape index (κ2) is 8.83. The molecule has 0 saturated heterocycles. The molecule has 0 atom stereocenters. The van der Waals surface area contributed by atoms with Crippen molar-refractivity contribution in [2.24, 2.45) is 0 Å². The Morgan fingerprint density at radius 3 is 2.42 bits per heavy atom. The molecule has 134 valence electrons. The highest BCUT2D eigenvalue weighted by Crippen LogP contribution is 2.20. The van der Waals surface area contributed by atoms with Gasteiger partial charge in [-0.3, -0.25) is 4.79 Å². The highest BCUT2D eigenvalue weighted by atomic mass is 35.5. The molecule has 7 heteroatoms. The summed E-state index contributed by atoms with van der Waals surface area (Å²) in [5.41, 5.74) is 0. The maximum Gasteiger partial charge on any atom is 0.243 e. The lowest BCUT2D eigenvalue weighted by atomic mass is 9.95. The van der Waals surface area contributed by atoms with Gasteiger partial charge in [0, 0.05) is 17.6 Å². The van der Waals surface area contributed by atoms with Gasteiger partial charge in [-0.1, -0.05) is 37.8 Å². The molecule has 5 nitrogen and oxygen atoms in total. The molecular formula is C17H25ClN2O3S. The van der Waals surface area contributed by atoms with Crippen molar-refractivity contribution in [2.75, 3.05) is 13.1 Å². The fourth-order valence-corrected chi connectivity index (χ4v) is 4.58. The standard InChI is InChI=1S/C17H25ClN2O3S/c1-2-12-20(13-17(21)19-15-6-4-3-5-7-15)24(22,23)16-10-8-14(18)9-11-16/h8-11,15H,2-7,12-13H2,1H3,(H,19,21). The minimum atomic E-state index is -3.70. The van der Waals surface area contributed by atoms with Crippen molar-refractivity contribution in [3.05, 3.63) is 29.3 Å². The number of benzene rings is 1. The van der Waals surface area contributed by atoms with Gasteiger partial charge in [-0.2, -0.15) is 4.31 Å². The van der Waals surface area contributed by atoms with Crippen LogP contribution in [0.3, 0.4) is 0 Å². The van der Waals surface area contributed by atoms with Gasteiger partial charge in [0.25, 0.3) is 0 Å². The predicted octanol–water partition coefficient (Wildman–Crippen LogP) is 3.19. The van der Waals surface area contributed by atoms with Crippen molar-refractivity contribution >= 4 is 27.5 Å². The minimum Gasteiger partial charge on any atom is -0.352 e. The molecule has 24 heavy (non-hydrogen) atoms. The number of hydrogen-bond donors (Lipinski definition) is 1. The molecular weight excluding hydrogens is 348 g/mol. The van der Waals surface area contributed by atoms with Crippen LogP contribution in [-0.2, 0) is 14.8 Å². The summed E-state index contributed by atoms with van der Waals surface area (Å²) in [4.78, 5) is 12.4. The number of amides is 1. The van der Waals surface area contributed by atoms with E-state index < -0.39 is 10.0 Å². The van der Waals surface area contributed by atoms with E-state index in [1.54, 1.807) is 12.1 Å². The van der Waals surface area contributed by atoms with E-state index in [9.17, 15) is 13.2 Å². The third-order valence-corrected chi connectivity index (χ3v) is 6.33. The summed E-state index contributed by atoms with van der Waals surface area (Å²) >= 11 is 5.82. The Kier molecular flexibility index (Phi) is 7.07. The molecule has 1 amide bonds. The summed E-state index contributed by atoms with van der Waals surface area (Å²) in [7, 11) is -3.70. The summed E-state index contributed by atoms with van der Waals surface area (Å²) in [6.45, 7) is 2.06. The van der Waals surface area contributed by atoms with Crippen LogP contribution in [0.4, 0.5) is 0 Å². The molecule has 0 unspecified atom stereocenters. The minimum absolute atomic E-state index is 0.144. The highest BCUT2D eigenvalue weighted by molar-refractivity contribution is 7.89. The monoisotopic (exact) mass is 372 g/mol. The Balaban J connectivity index is 2.06. The number of nitrogens with one attached hydrogen (secondary N) is 1. The van der Waals surface area contributed by atoms with E-state index in [1.165, 1.54) is 22.9 Å². The van der Waals surface area contributed by atoms with Crippen LogP contribution in [0.2, 0.25) is 5.02 Å². The van der Waals surface area contributed by atoms with Gasteiger partial charge in [0.05, 0.1) is 11.4 Å². The van der Waals surface area contributed by atoms with Crippen molar-refractivity contribution < 1.29 is 13.2 Å². The molecule has 1 saturated carbocycles. The quantitative estimate of drug-likeness (QED) is 0.799. The van der Waals surface area contributed by atoms with Crippen molar-refractivity contribution in [1.29, 1.82) is 0 Å². The second-order valence-corrected chi connectivity index (χ2v) is 8.57. The maximum atomic E-state index is 12.8. The largest absolute Gasteiger partial charge is 0.352 e. The molecule has 0 bridgehead atoms. The van der Waals surface area contributed by atoms with Gasteiger partial charge < -0.3 is 5.32 Å². The molecule has 0 aromatic heterocycles. The number of rotatable bonds is 7. The van der Waals surface area contributed by atoms with E-state index in [4.69, 9.17) is 11.6 Å². The molecule has 0 spiro atoms. The molecule has 2 rings (SSSR count). The first kappa shape index (κ1) is 19.2. The normalized spacial score (nSPS) is 16.3. The van der Waals surface area contributed by atoms with E-state index >= 15 is 0 Å². The summed E-state index contributed by atoms with van der Waals surface area (Å²) in [5, 5.41) is 3.45. The van der Waals surface area contributed by atoms with Crippen molar-refractivity contribution in [2.45, 2.75) is 56.4 Å². The molecule has 1 aliphatic carbocycles. The topological polar surface area (TPSA) is 66.5 Å². The lowest BCUT2D eigenvalue weighted by molar-refractivity contribution is -0.122.